The molecule has 0 bridgehead atoms. The van der Waals surface area contributed by atoms with E-state index < -0.39 is 5.97 Å². The maximum Gasteiger partial charge on any atom is 0.323 e. The Hall–Kier alpha value is -1.69. The number of hydrogen-bond acceptors (Lipinski definition) is 4. The first kappa shape index (κ1) is 16.4. The number of phenolic OH excluding ortho intramolecular Hbond substituents is 1. The predicted molar refractivity (Wildman–Crippen MR) is 80.3 cm³/mol. The quantitative estimate of drug-likeness (QED) is 0.720. The molecule has 6 heteroatoms. The van der Waals surface area contributed by atoms with Crippen LogP contribution >= 0.6 is 11.8 Å². The zero-order valence-corrected chi connectivity index (χ0v) is 12.2. The van der Waals surface area contributed by atoms with E-state index in [0.717, 1.165) is 18.6 Å². The molecule has 0 aliphatic rings. The van der Waals surface area contributed by atoms with E-state index in [1.165, 1.54) is 40.9 Å². The number of benzene rings is 1. The molecule has 0 saturated carbocycles. The normalized spacial score (nSPS) is 10.2. The number of anilines is 1. The maximum atomic E-state index is 12.1. The second-order valence-corrected chi connectivity index (χ2v) is 5.40. The predicted octanol–water partition coefficient (Wildman–Crippen LogP) is 2.34. The third-order valence-electron chi connectivity index (χ3n) is 2.62. The monoisotopic (exact) mass is 297 g/mol. The second-order valence-electron chi connectivity index (χ2n) is 4.30. The molecule has 1 aromatic carbocycles. The summed E-state index contributed by atoms with van der Waals surface area (Å²) in [6.45, 7) is 1.70. The summed E-state index contributed by atoms with van der Waals surface area (Å²) in [5, 5.41) is 18.1. The molecule has 0 aromatic heterocycles. The van der Waals surface area contributed by atoms with Crippen molar-refractivity contribution in [2.45, 2.75) is 19.8 Å². The van der Waals surface area contributed by atoms with Crippen LogP contribution in [0.15, 0.2) is 24.3 Å². The van der Waals surface area contributed by atoms with Gasteiger partial charge in [0.2, 0.25) is 5.91 Å². The zero-order chi connectivity index (χ0) is 15.0. The fraction of sp³-hybridized carbons (Fsp3) is 0.429. The molecule has 5 nitrogen and oxygen atoms in total. The minimum Gasteiger partial charge on any atom is -0.508 e. The Labute approximate surface area is 122 Å². The highest BCUT2D eigenvalue weighted by Gasteiger charge is 2.18. The summed E-state index contributed by atoms with van der Waals surface area (Å²) in [7, 11) is 0. The van der Waals surface area contributed by atoms with Crippen molar-refractivity contribution >= 4 is 29.3 Å². The zero-order valence-electron chi connectivity index (χ0n) is 11.4. The molecule has 0 heterocycles. The Morgan fingerprint density at radius 1 is 1.25 bits per heavy atom. The van der Waals surface area contributed by atoms with Crippen LogP contribution in [0.5, 0.6) is 5.75 Å². The van der Waals surface area contributed by atoms with E-state index in [0.29, 0.717) is 5.69 Å². The average Bonchev–Trinajstić information content (AvgIpc) is 2.42. The second kappa shape index (κ2) is 8.47. The number of phenols is 1. The lowest BCUT2D eigenvalue weighted by molar-refractivity contribution is -0.136. The van der Waals surface area contributed by atoms with Crippen molar-refractivity contribution in [1.82, 2.24) is 0 Å². The Kier molecular flexibility index (Phi) is 6.93. The summed E-state index contributed by atoms with van der Waals surface area (Å²) in [6.07, 6.45) is 2.11. The van der Waals surface area contributed by atoms with Crippen molar-refractivity contribution in [3.63, 3.8) is 0 Å². The third kappa shape index (κ3) is 5.52. The van der Waals surface area contributed by atoms with Gasteiger partial charge in [0.1, 0.15) is 12.3 Å². The Balaban J connectivity index is 2.70. The molecule has 0 radical (unpaired) electrons. The van der Waals surface area contributed by atoms with Gasteiger partial charge in [-0.05, 0) is 36.4 Å². The van der Waals surface area contributed by atoms with E-state index in [-0.39, 0.29) is 24.0 Å². The van der Waals surface area contributed by atoms with Crippen molar-refractivity contribution in [1.29, 1.82) is 0 Å². The van der Waals surface area contributed by atoms with Crippen molar-refractivity contribution in [2.24, 2.45) is 0 Å². The number of carboxylic acids is 1. The van der Waals surface area contributed by atoms with Crippen LogP contribution in [0.3, 0.4) is 0 Å². The molecule has 0 fully saturated rings. The number of unbranched alkanes of at least 4 members (excludes halogenated alkanes) is 1. The average molecular weight is 297 g/mol. The first-order chi connectivity index (χ1) is 9.54. The molecule has 1 amide bonds. The highest BCUT2D eigenvalue weighted by molar-refractivity contribution is 7.99. The summed E-state index contributed by atoms with van der Waals surface area (Å²) >= 11 is 1.51. The summed E-state index contributed by atoms with van der Waals surface area (Å²) in [5.41, 5.74) is 0.478. The summed E-state index contributed by atoms with van der Waals surface area (Å²) < 4.78 is 0. The lowest BCUT2D eigenvalue weighted by Crippen LogP contribution is -2.37. The third-order valence-corrected chi connectivity index (χ3v) is 3.65. The molecule has 0 aliphatic heterocycles. The molecule has 0 unspecified atom stereocenters. The Bertz CT molecular complexity index is 447. The van der Waals surface area contributed by atoms with Crippen LogP contribution in [0, 0.1) is 0 Å². The van der Waals surface area contributed by atoms with Crippen molar-refractivity contribution in [2.75, 3.05) is 23.0 Å². The van der Waals surface area contributed by atoms with Crippen LogP contribution in [0.1, 0.15) is 19.8 Å². The van der Waals surface area contributed by atoms with Gasteiger partial charge in [0, 0.05) is 5.69 Å². The van der Waals surface area contributed by atoms with Gasteiger partial charge in [-0.25, -0.2) is 0 Å². The molecular formula is C14H19NO4S. The van der Waals surface area contributed by atoms with Crippen molar-refractivity contribution in [3.05, 3.63) is 24.3 Å². The van der Waals surface area contributed by atoms with E-state index in [9.17, 15) is 14.7 Å². The number of thioether (sulfide) groups is 1. The molecule has 2 N–H and O–H groups in total. The van der Waals surface area contributed by atoms with E-state index in [1.54, 1.807) is 0 Å². The number of hydrogen-bond donors (Lipinski definition) is 2. The van der Waals surface area contributed by atoms with Crippen LogP contribution in [0.2, 0.25) is 0 Å². The number of rotatable bonds is 8. The van der Waals surface area contributed by atoms with E-state index >= 15 is 0 Å². The first-order valence-electron chi connectivity index (χ1n) is 6.43. The van der Waals surface area contributed by atoms with Gasteiger partial charge in [-0.15, -0.1) is 0 Å². The summed E-state index contributed by atoms with van der Waals surface area (Å²) in [6, 6.07) is 5.93. The van der Waals surface area contributed by atoms with Gasteiger partial charge < -0.3 is 15.1 Å². The van der Waals surface area contributed by atoms with Gasteiger partial charge in [-0.1, -0.05) is 13.3 Å². The highest BCUT2D eigenvalue weighted by atomic mass is 32.2. The highest BCUT2D eigenvalue weighted by Crippen LogP contribution is 2.19. The number of carboxylic acid groups (broad SMARTS) is 1. The summed E-state index contributed by atoms with van der Waals surface area (Å²) in [4.78, 5) is 24.2. The minimum absolute atomic E-state index is 0.0776. The Morgan fingerprint density at radius 3 is 2.45 bits per heavy atom. The number of carbonyl (C=O) groups excluding carboxylic acids is 1. The molecule has 20 heavy (non-hydrogen) atoms. The van der Waals surface area contributed by atoms with Gasteiger partial charge in [-0.2, -0.15) is 11.8 Å². The molecule has 1 rings (SSSR count). The molecular weight excluding hydrogens is 278 g/mol. The number of aliphatic carboxylic acids is 1. The van der Waals surface area contributed by atoms with Crippen molar-refractivity contribution in [3.8, 4) is 5.75 Å². The van der Waals surface area contributed by atoms with Crippen molar-refractivity contribution < 1.29 is 19.8 Å². The van der Waals surface area contributed by atoms with E-state index in [2.05, 4.69) is 6.92 Å². The lowest BCUT2D eigenvalue weighted by atomic mass is 10.2. The smallest absolute Gasteiger partial charge is 0.323 e. The number of amides is 1. The molecule has 0 saturated heterocycles. The molecule has 0 atom stereocenters. The van der Waals surface area contributed by atoms with E-state index in [4.69, 9.17) is 5.11 Å². The van der Waals surface area contributed by atoms with Crippen LogP contribution in [-0.2, 0) is 9.59 Å². The van der Waals surface area contributed by atoms with Gasteiger partial charge in [0.25, 0.3) is 0 Å². The lowest BCUT2D eigenvalue weighted by Gasteiger charge is -2.20. The summed E-state index contributed by atoms with van der Waals surface area (Å²) in [5.74, 6) is -0.0784. The van der Waals surface area contributed by atoms with Gasteiger partial charge in [0.15, 0.2) is 0 Å². The number of nitrogens with zero attached hydrogens (tertiary/aromatic N) is 1. The standard InChI is InChI=1S/C14H19NO4S/c1-2-3-8-20-10-13(17)15(9-14(18)19)11-4-6-12(16)7-5-11/h4-7,16H,2-3,8-10H2,1H3,(H,18,19). The fourth-order valence-corrected chi connectivity index (χ4v) is 2.54. The molecule has 110 valence electrons. The van der Waals surface area contributed by atoms with Gasteiger partial charge in [-0.3, -0.25) is 9.59 Å². The number of aromatic hydroxyl groups is 1. The van der Waals surface area contributed by atoms with Crippen LogP contribution in [0.25, 0.3) is 0 Å². The Morgan fingerprint density at radius 2 is 1.90 bits per heavy atom. The SMILES string of the molecule is CCCCSCC(=O)N(CC(=O)O)c1ccc(O)cc1. The van der Waals surface area contributed by atoms with Crippen LogP contribution < -0.4 is 4.90 Å². The van der Waals surface area contributed by atoms with Crippen LogP contribution in [-0.4, -0.2) is 40.1 Å². The first-order valence-corrected chi connectivity index (χ1v) is 7.59. The maximum absolute atomic E-state index is 12.1. The van der Waals surface area contributed by atoms with Gasteiger partial charge in [0.05, 0.1) is 5.75 Å². The van der Waals surface area contributed by atoms with Gasteiger partial charge >= 0.3 is 5.97 Å². The molecule has 0 spiro atoms. The largest absolute Gasteiger partial charge is 0.508 e. The number of carbonyl (C=O) groups is 2. The topological polar surface area (TPSA) is 77.8 Å². The molecule has 1 aromatic rings. The fourth-order valence-electron chi connectivity index (χ4n) is 1.58. The van der Waals surface area contributed by atoms with E-state index in [1.807, 2.05) is 0 Å². The molecule has 0 aliphatic carbocycles. The minimum atomic E-state index is -1.06. The van der Waals surface area contributed by atoms with Crippen LogP contribution in [0.4, 0.5) is 5.69 Å².